The summed E-state index contributed by atoms with van der Waals surface area (Å²) in [5.41, 5.74) is 4.62. The highest BCUT2D eigenvalue weighted by Crippen LogP contribution is 2.45. The van der Waals surface area contributed by atoms with Crippen LogP contribution in [0.5, 0.6) is 5.75 Å². The normalized spacial score (nSPS) is 23.9. The molecule has 2 aliphatic heterocycles. The lowest BCUT2D eigenvalue weighted by Gasteiger charge is -2.43. The third kappa shape index (κ3) is 3.57. The van der Waals surface area contributed by atoms with Crippen LogP contribution >= 0.6 is 0 Å². The van der Waals surface area contributed by atoms with Crippen LogP contribution in [0.1, 0.15) is 55.5 Å². The Bertz CT molecular complexity index is 831. The van der Waals surface area contributed by atoms with E-state index in [4.69, 9.17) is 14.2 Å². The van der Waals surface area contributed by atoms with Gasteiger partial charge in [0, 0.05) is 18.2 Å². The van der Waals surface area contributed by atoms with Crippen LogP contribution in [0.15, 0.2) is 42.5 Å². The first-order valence-electron chi connectivity index (χ1n) is 9.45. The molecule has 0 aromatic heterocycles. The molecule has 3 atom stereocenters. The van der Waals surface area contributed by atoms with Crippen LogP contribution < -0.4 is 10.1 Å². The van der Waals surface area contributed by atoms with E-state index >= 15 is 0 Å². The average molecular weight is 367 g/mol. The van der Waals surface area contributed by atoms with Crippen molar-refractivity contribution in [3.8, 4) is 5.75 Å². The molecule has 0 aliphatic carbocycles. The van der Waals surface area contributed by atoms with Crippen molar-refractivity contribution >= 4 is 11.7 Å². The number of carbonyl (C=O) groups is 1. The van der Waals surface area contributed by atoms with Gasteiger partial charge in [0.2, 0.25) is 0 Å². The lowest BCUT2D eigenvalue weighted by molar-refractivity contribution is -0.151. The second-order valence-corrected chi connectivity index (χ2v) is 7.41. The summed E-state index contributed by atoms with van der Waals surface area (Å²) in [5.74, 6) is 0.684. The first kappa shape index (κ1) is 18.0. The number of carbonyl (C=O) groups excluding carboxylic acids is 1. The Morgan fingerprint density at radius 2 is 1.85 bits per heavy atom. The molecule has 3 unspecified atom stereocenters. The van der Waals surface area contributed by atoms with Crippen molar-refractivity contribution in [1.29, 1.82) is 0 Å². The van der Waals surface area contributed by atoms with Crippen LogP contribution in [0.2, 0.25) is 0 Å². The third-order valence-electron chi connectivity index (χ3n) is 5.18. The van der Waals surface area contributed by atoms with Gasteiger partial charge in [0.25, 0.3) is 0 Å². The number of rotatable bonds is 3. The lowest BCUT2D eigenvalue weighted by atomic mass is 9.86. The minimum Gasteiger partial charge on any atom is -0.427 e. The fourth-order valence-electron chi connectivity index (χ4n) is 3.82. The zero-order valence-corrected chi connectivity index (χ0v) is 15.9. The van der Waals surface area contributed by atoms with Gasteiger partial charge in [-0.3, -0.25) is 4.79 Å². The minimum atomic E-state index is -0.322. The van der Waals surface area contributed by atoms with Crippen molar-refractivity contribution in [3.63, 3.8) is 0 Å². The van der Waals surface area contributed by atoms with E-state index in [-0.39, 0.29) is 24.2 Å². The van der Waals surface area contributed by atoms with E-state index in [2.05, 4.69) is 37.4 Å². The maximum Gasteiger partial charge on any atom is 0.308 e. The van der Waals surface area contributed by atoms with Crippen molar-refractivity contribution in [1.82, 2.24) is 0 Å². The summed E-state index contributed by atoms with van der Waals surface area (Å²) in [4.78, 5) is 11.1. The van der Waals surface area contributed by atoms with Crippen molar-refractivity contribution in [2.24, 2.45) is 0 Å². The van der Waals surface area contributed by atoms with Gasteiger partial charge >= 0.3 is 5.97 Å². The molecule has 2 aliphatic rings. The average Bonchev–Trinajstić information content (AvgIpc) is 2.67. The molecule has 0 bridgehead atoms. The number of hydrogen-bond acceptors (Lipinski definition) is 5. The largest absolute Gasteiger partial charge is 0.427 e. The molecule has 2 aromatic rings. The molecular weight excluding hydrogens is 342 g/mol. The highest BCUT2D eigenvalue weighted by molar-refractivity contribution is 5.69. The summed E-state index contributed by atoms with van der Waals surface area (Å²) < 4.78 is 17.4. The van der Waals surface area contributed by atoms with Gasteiger partial charge in [-0.25, -0.2) is 0 Å². The Hall–Kier alpha value is -2.37. The van der Waals surface area contributed by atoms with Crippen molar-refractivity contribution < 1.29 is 19.0 Å². The quantitative estimate of drug-likeness (QED) is 0.645. The highest BCUT2D eigenvalue weighted by atomic mass is 16.6. The Morgan fingerprint density at radius 1 is 1.11 bits per heavy atom. The number of benzene rings is 2. The second kappa shape index (κ2) is 7.33. The van der Waals surface area contributed by atoms with Gasteiger partial charge in [-0.1, -0.05) is 38.1 Å². The maximum absolute atomic E-state index is 11.1. The number of nitrogens with one attached hydrogen (secondary N) is 1. The molecule has 0 saturated carbocycles. The van der Waals surface area contributed by atoms with Crippen LogP contribution in [0.3, 0.4) is 0 Å². The Kier molecular flexibility index (Phi) is 4.89. The molecule has 2 heterocycles. The van der Waals surface area contributed by atoms with E-state index in [1.165, 1.54) is 18.1 Å². The van der Waals surface area contributed by atoms with Crippen molar-refractivity contribution in [2.45, 2.75) is 44.9 Å². The predicted molar refractivity (Wildman–Crippen MR) is 103 cm³/mol. The molecule has 5 nitrogen and oxygen atoms in total. The topological polar surface area (TPSA) is 56.8 Å². The van der Waals surface area contributed by atoms with E-state index in [1.54, 1.807) is 0 Å². The van der Waals surface area contributed by atoms with Crippen LogP contribution in [0.4, 0.5) is 5.69 Å². The van der Waals surface area contributed by atoms with Crippen LogP contribution in [0, 0.1) is 0 Å². The molecule has 5 heteroatoms. The highest BCUT2D eigenvalue weighted by Gasteiger charge is 2.41. The van der Waals surface area contributed by atoms with Crippen molar-refractivity contribution in [2.75, 3.05) is 18.5 Å². The SMILES string of the molecule is CC(=O)Oc1ccc(C2Nc3ccc(C(C)C)cc3C3OCCOC23)cc1. The fourth-order valence-corrected chi connectivity index (χ4v) is 3.82. The summed E-state index contributed by atoms with van der Waals surface area (Å²) in [6.45, 7) is 6.98. The molecule has 0 spiro atoms. The van der Waals surface area contributed by atoms with Gasteiger partial charge in [0.05, 0.1) is 19.3 Å². The van der Waals surface area contributed by atoms with Gasteiger partial charge in [-0.05, 0) is 35.2 Å². The lowest BCUT2D eigenvalue weighted by Crippen LogP contribution is -2.43. The zero-order chi connectivity index (χ0) is 19.0. The number of anilines is 1. The van der Waals surface area contributed by atoms with Crippen LogP contribution in [-0.4, -0.2) is 25.3 Å². The molecule has 1 saturated heterocycles. The summed E-state index contributed by atoms with van der Waals surface area (Å²) in [7, 11) is 0. The molecule has 4 rings (SSSR count). The van der Waals surface area contributed by atoms with Gasteiger partial charge in [-0.2, -0.15) is 0 Å². The molecule has 1 N–H and O–H groups in total. The van der Waals surface area contributed by atoms with E-state index in [1.807, 2.05) is 24.3 Å². The van der Waals surface area contributed by atoms with E-state index < -0.39 is 0 Å². The van der Waals surface area contributed by atoms with Crippen LogP contribution in [-0.2, 0) is 14.3 Å². The molecule has 2 aromatic carbocycles. The first-order chi connectivity index (χ1) is 13.0. The van der Waals surface area contributed by atoms with Gasteiger partial charge < -0.3 is 19.5 Å². The third-order valence-corrected chi connectivity index (χ3v) is 5.18. The van der Waals surface area contributed by atoms with Gasteiger partial charge in [0.1, 0.15) is 18.0 Å². The zero-order valence-electron chi connectivity index (χ0n) is 15.9. The Labute approximate surface area is 159 Å². The Balaban J connectivity index is 1.67. The van der Waals surface area contributed by atoms with E-state index in [9.17, 15) is 4.79 Å². The first-order valence-corrected chi connectivity index (χ1v) is 9.45. The summed E-state index contributed by atoms with van der Waals surface area (Å²) in [6, 6.07) is 14.1. The predicted octanol–water partition coefficient (Wildman–Crippen LogP) is 4.36. The number of ether oxygens (including phenoxy) is 3. The number of esters is 1. The molecular formula is C22H25NO4. The van der Waals surface area contributed by atoms with Crippen molar-refractivity contribution in [3.05, 3.63) is 59.2 Å². The minimum absolute atomic E-state index is 0.0286. The second-order valence-electron chi connectivity index (χ2n) is 7.41. The van der Waals surface area contributed by atoms with Gasteiger partial charge in [0.15, 0.2) is 0 Å². The maximum atomic E-state index is 11.1. The molecule has 1 fully saturated rings. The fraction of sp³-hybridized carbons (Fsp3) is 0.409. The monoisotopic (exact) mass is 367 g/mol. The number of hydrogen-bond donors (Lipinski definition) is 1. The number of fused-ring (bicyclic) bond motifs is 3. The molecule has 142 valence electrons. The van der Waals surface area contributed by atoms with Gasteiger partial charge in [-0.15, -0.1) is 0 Å². The smallest absolute Gasteiger partial charge is 0.308 e. The molecule has 0 amide bonds. The summed E-state index contributed by atoms with van der Waals surface area (Å²) >= 11 is 0. The Morgan fingerprint density at radius 3 is 2.56 bits per heavy atom. The summed E-state index contributed by atoms with van der Waals surface area (Å²) in [6.07, 6.45) is -0.194. The summed E-state index contributed by atoms with van der Waals surface area (Å²) in [5, 5.41) is 3.63. The van der Waals surface area contributed by atoms with E-state index in [0.717, 1.165) is 11.3 Å². The molecule has 0 radical (unpaired) electrons. The standard InChI is InChI=1S/C22H25NO4/c1-13(2)16-6-9-19-18(12-16)21-22(26-11-10-25-21)20(23-19)15-4-7-17(8-5-15)27-14(3)24/h4-9,12-13,20-23H,10-11H2,1-3H3. The van der Waals surface area contributed by atoms with Crippen LogP contribution in [0.25, 0.3) is 0 Å². The van der Waals surface area contributed by atoms with E-state index in [0.29, 0.717) is 24.9 Å². The molecule has 27 heavy (non-hydrogen) atoms.